The maximum atomic E-state index is 13.5. The van der Waals surface area contributed by atoms with Gasteiger partial charge in [-0.2, -0.15) is 4.68 Å². The van der Waals surface area contributed by atoms with E-state index in [2.05, 4.69) is 20.4 Å². The number of halogens is 1. The van der Waals surface area contributed by atoms with Gasteiger partial charge in [0.25, 0.3) is 5.91 Å². The molecule has 4 rings (SSSR count). The first-order valence-electron chi connectivity index (χ1n) is 9.92. The van der Waals surface area contributed by atoms with E-state index in [-0.39, 0.29) is 18.3 Å². The fourth-order valence-electron chi connectivity index (χ4n) is 3.38. The van der Waals surface area contributed by atoms with E-state index in [1.165, 1.54) is 16.8 Å². The van der Waals surface area contributed by atoms with Crippen molar-refractivity contribution in [2.45, 2.75) is 6.54 Å². The molecule has 162 valence electrons. The van der Waals surface area contributed by atoms with Crippen LogP contribution in [0.5, 0.6) is 11.5 Å². The molecule has 1 aliphatic rings. The van der Waals surface area contributed by atoms with Crippen LogP contribution in [0.4, 0.5) is 4.39 Å². The van der Waals surface area contributed by atoms with Gasteiger partial charge in [-0.15, -0.1) is 5.10 Å². The Kier molecular flexibility index (Phi) is 6.37. The number of methoxy groups -OCH3 is 1. The number of rotatable bonds is 7. The minimum atomic E-state index is -0.345. The SMILES string of the molecule is COc1ccc(OCC(=O)N2CCN(Cc3nnnn3-c3cccc(F)c3)CC2)cc1. The van der Waals surface area contributed by atoms with E-state index >= 15 is 0 Å². The number of amides is 1. The quantitative estimate of drug-likeness (QED) is 0.566. The monoisotopic (exact) mass is 426 g/mol. The Balaban J connectivity index is 1.27. The Morgan fingerprint density at radius 3 is 2.52 bits per heavy atom. The van der Waals surface area contributed by atoms with Gasteiger partial charge in [-0.05, 0) is 52.9 Å². The molecule has 3 aromatic rings. The van der Waals surface area contributed by atoms with Crippen molar-refractivity contribution in [1.82, 2.24) is 30.0 Å². The van der Waals surface area contributed by atoms with Crippen molar-refractivity contribution in [3.63, 3.8) is 0 Å². The molecule has 0 atom stereocenters. The Bertz CT molecular complexity index is 1020. The third kappa shape index (κ3) is 5.15. The smallest absolute Gasteiger partial charge is 0.260 e. The van der Waals surface area contributed by atoms with Crippen LogP contribution in [0.2, 0.25) is 0 Å². The zero-order valence-electron chi connectivity index (χ0n) is 17.1. The number of carbonyl (C=O) groups is 1. The highest BCUT2D eigenvalue weighted by molar-refractivity contribution is 5.77. The molecule has 0 bridgehead atoms. The van der Waals surface area contributed by atoms with Gasteiger partial charge in [0, 0.05) is 26.2 Å². The lowest BCUT2D eigenvalue weighted by molar-refractivity contribution is -0.135. The van der Waals surface area contributed by atoms with Crippen LogP contribution in [0.3, 0.4) is 0 Å². The third-order valence-corrected chi connectivity index (χ3v) is 5.10. The van der Waals surface area contributed by atoms with E-state index < -0.39 is 0 Å². The molecule has 0 saturated carbocycles. The predicted molar refractivity (Wildman–Crippen MR) is 109 cm³/mol. The summed E-state index contributed by atoms with van der Waals surface area (Å²) in [5.41, 5.74) is 0.574. The van der Waals surface area contributed by atoms with Gasteiger partial charge in [-0.1, -0.05) is 6.07 Å². The van der Waals surface area contributed by atoms with E-state index in [0.29, 0.717) is 50.0 Å². The van der Waals surface area contributed by atoms with Gasteiger partial charge in [0.2, 0.25) is 0 Å². The summed E-state index contributed by atoms with van der Waals surface area (Å²) in [6.45, 7) is 3.05. The number of aromatic nitrogens is 4. The van der Waals surface area contributed by atoms with Crippen molar-refractivity contribution in [2.75, 3.05) is 39.9 Å². The average Bonchev–Trinajstić information content (AvgIpc) is 3.26. The number of hydrogen-bond donors (Lipinski definition) is 0. The summed E-state index contributed by atoms with van der Waals surface area (Å²) in [4.78, 5) is 16.4. The lowest BCUT2D eigenvalue weighted by Crippen LogP contribution is -2.49. The molecule has 2 heterocycles. The summed E-state index contributed by atoms with van der Waals surface area (Å²) in [7, 11) is 1.60. The molecule has 0 spiro atoms. The van der Waals surface area contributed by atoms with Gasteiger partial charge >= 0.3 is 0 Å². The number of ether oxygens (including phenoxy) is 2. The summed E-state index contributed by atoms with van der Waals surface area (Å²) in [5, 5.41) is 11.8. The number of piperazine rings is 1. The highest BCUT2D eigenvalue weighted by atomic mass is 19.1. The molecule has 1 aromatic heterocycles. The molecule has 1 saturated heterocycles. The second-order valence-electron chi connectivity index (χ2n) is 7.11. The van der Waals surface area contributed by atoms with Crippen molar-refractivity contribution < 1.29 is 18.7 Å². The van der Waals surface area contributed by atoms with Crippen molar-refractivity contribution >= 4 is 5.91 Å². The number of carbonyl (C=O) groups excluding carboxylic acids is 1. The molecule has 9 nitrogen and oxygen atoms in total. The lowest BCUT2D eigenvalue weighted by Gasteiger charge is -2.34. The molecule has 1 amide bonds. The van der Waals surface area contributed by atoms with E-state index in [9.17, 15) is 9.18 Å². The lowest BCUT2D eigenvalue weighted by atomic mass is 10.3. The molecule has 0 N–H and O–H groups in total. The van der Waals surface area contributed by atoms with Crippen LogP contribution in [-0.2, 0) is 11.3 Å². The van der Waals surface area contributed by atoms with Crippen LogP contribution in [0.1, 0.15) is 5.82 Å². The van der Waals surface area contributed by atoms with Crippen LogP contribution >= 0.6 is 0 Å². The summed E-state index contributed by atoms with van der Waals surface area (Å²) >= 11 is 0. The van der Waals surface area contributed by atoms with Gasteiger partial charge in [0.05, 0.1) is 19.3 Å². The zero-order valence-corrected chi connectivity index (χ0v) is 17.1. The van der Waals surface area contributed by atoms with E-state index in [1.54, 1.807) is 48.4 Å². The van der Waals surface area contributed by atoms with Gasteiger partial charge in [-0.3, -0.25) is 9.69 Å². The number of nitrogens with zero attached hydrogens (tertiary/aromatic N) is 6. The fraction of sp³-hybridized carbons (Fsp3) is 0.333. The van der Waals surface area contributed by atoms with Gasteiger partial charge in [0.15, 0.2) is 12.4 Å². The van der Waals surface area contributed by atoms with E-state index in [0.717, 1.165) is 5.75 Å². The van der Waals surface area contributed by atoms with E-state index in [1.807, 2.05) is 0 Å². The predicted octanol–water partition coefficient (Wildman–Crippen LogP) is 1.53. The van der Waals surface area contributed by atoms with Crippen molar-refractivity contribution in [1.29, 1.82) is 0 Å². The number of benzene rings is 2. The first kappa shape index (κ1) is 20.7. The van der Waals surface area contributed by atoms with Gasteiger partial charge in [0.1, 0.15) is 17.3 Å². The largest absolute Gasteiger partial charge is 0.497 e. The average molecular weight is 426 g/mol. The maximum absolute atomic E-state index is 13.5. The zero-order chi connectivity index (χ0) is 21.6. The number of hydrogen-bond acceptors (Lipinski definition) is 7. The topological polar surface area (TPSA) is 85.6 Å². The molecule has 0 aliphatic carbocycles. The highest BCUT2D eigenvalue weighted by Crippen LogP contribution is 2.17. The molecule has 1 aliphatic heterocycles. The Morgan fingerprint density at radius 1 is 1.06 bits per heavy atom. The molecule has 10 heteroatoms. The number of tetrazole rings is 1. The molecular formula is C21H23FN6O3. The Hall–Kier alpha value is -3.53. The second kappa shape index (κ2) is 9.52. The third-order valence-electron chi connectivity index (χ3n) is 5.10. The van der Waals surface area contributed by atoms with E-state index in [4.69, 9.17) is 9.47 Å². The minimum Gasteiger partial charge on any atom is -0.497 e. The highest BCUT2D eigenvalue weighted by Gasteiger charge is 2.23. The Morgan fingerprint density at radius 2 is 1.81 bits per heavy atom. The molecule has 31 heavy (non-hydrogen) atoms. The van der Waals surface area contributed by atoms with Crippen LogP contribution < -0.4 is 9.47 Å². The van der Waals surface area contributed by atoms with Crippen molar-refractivity contribution in [2.24, 2.45) is 0 Å². The van der Waals surface area contributed by atoms with Crippen LogP contribution in [0.25, 0.3) is 5.69 Å². The van der Waals surface area contributed by atoms with Crippen LogP contribution in [0.15, 0.2) is 48.5 Å². The summed E-state index contributed by atoms with van der Waals surface area (Å²) in [6.07, 6.45) is 0. The van der Waals surface area contributed by atoms with Crippen molar-refractivity contribution in [3.05, 3.63) is 60.2 Å². The van der Waals surface area contributed by atoms with Crippen LogP contribution in [0, 0.1) is 5.82 Å². The minimum absolute atomic E-state index is 0.00978. The maximum Gasteiger partial charge on any atom is 0.260 e. The van der Waals surface area contributed by atoms with Crippen LogP contribution in [-0.4, -0.2) is 75.8 Å². The molecule has 1 fully saturated rings. The summed E-state index contributed by atoms with van der Waals surface area (Å²) < 4.78 is 25.8. The summed E-state index contributed by atoms with van der Waals surface area (Å²) in [5.74, 6) is 1.58. The first-order valence-corrected chi connectivity index (χ1v) is 9.92. The Labute approximate surface area is 179 Å². The molecule has 0 radical (unpaired) electrons. The second-order valence-corrected chi connectivity index (χ2v) is 7.11. The summed E-state index contributed by atoms with van der Waals surface area (Å²) in [6, 6.07) is 13.3. The first-order chi connectivity index (χ1) is 15.1. The van der Waals surface area contributed by atoms with Gasteiger partial charge in [-0.25, -0.2) is 4.39 Å². The molecule has 0 unspecified atom stereocenters. The fourth-order valence-corrected chi connectivity index (χ4v) is 3.38. The normalized spacial score (nSPS) is 14.5. The standard InChI is InChI=1S/C21H23FN6O3/c1-30-18-5-7-19(8-6-18)31-15-21(29)27-11-9-26(10-12-27)14-20-23-24-25-28(20)17-4-2-3-16(22)13-17/h2-8,13H,9-12,14-15H2,1H3. The van der Waals surface area contributed by atoms with Crippen molar-refractivity contribution in [3.8, 4) is 17.2 Å². The molecule has 2 aromatic carbocycles. The van der Waals surface area contributed by atoms with Gasteiger partial charge < -0.3 is 14.4 Å². The molecular weight excluding hydrogens is 403 g/mol.